The van der Waals surface area contributed by atoms with Gasteiger partial charge in [0, 0.05) is 46.4 Å². The summed E-state index contributed by atoms with van der Waals surface area (Å²) < 4.78 is 33.6. The highest BCUT2D eigenvalue weighted by atomic mass is 32.2. The molecule has 0 amide bonds. The lowest BCUT2D eigenvalue weighted by Gasteiger charge is -2.23. The minimum Gasteiger partial charge on any atom is -0.383 e. The lowest BCUT2D eigenvalue weighted by molar-refractivity contribution is 0.158. The number of likely N-dealkylation sites (tertiary alicyclic amines) is 1. The van der Waals surface area contributed by atoms with E-state index in [1.165, 1.54) is 4.31 Å². The van der Waals surface area contributed by atoms with E-state index in [2.05, 4.69) is 16.5 Å². The van der Waals surface area contributed by atoms with E-state index in [9.17, 15) is 8.42 Å². The molecule has 120 valence electrons. The zero-order valence-electron chi connectivity index (χ0n) is 13.1. The van der Waals surface area contributed by atoms with Crippen LogP contribution in [0.3, 0.4) is 0 Å². The Morgan fingerprint density at radius 1 is 1.35 bits per heavy atom. The monoisotopic (exact) mass is 307 g/mol. The van der Waals surface area contributed by atoms with Crippen LogP contribution in [0.4, 0.5) is 0 Å². The van der Waals surface area contributed by atoms with E-state index in [-0.39, 0.29) is 6.04 Å². The van der Waals surface area contributed by atoms with Crippen molar-refractivity contribution in [2.45, 2.75) is 32.7 Å². The van der Waals surface area contributed by atoms with Crippen LogP contribution in [0.1, 0.15) is 26.7 Å². The Morgan fingerprint density at radius 3 is 2.60 bits per heavy atom. The molecule has 0 aromatic rings. The first-order chi connectivity index (χ1) is 9.44. The van der Waals surface area contributed by atoms with Crippen LogP contribution >= 0.6 is 0 Å². The van der Waals surface area contributed by atoms with Crippen molar-refractivity contribution in [2.75, 3.05) is 46.9 Å². The summed E-state index contributed by atoms with van der Waals surface area (Å²) in [5.41, 5.74) is 0. The molecule has 0 bridgehead atoms. The fourth-order valence-electron chi connectivity index (χ4n) is 2.61. The average molecular weight is 307 g/mol. The molecule has 20 heavy (non-hydrogen) atoms. The van der Waals surface area contributed by atoms with Crippen molar-refractivity contribution < 1.29 is 13.2 Å². The van der Waals surface area contributed by atoms with Gasteiger partial charge in [0.2, 0.25) is 0 Å². The van der Waals surface area contributed by atoms with Gasteiger partial charge in [0.15, 0.2) is 0 Å². The maximum absolute atomic E-state index is 12.2. The maximum atomic E-state index is 12.2. The third-order valence-corrected chi connectivity index (χ3v) is 5.62. The zero-order chi connectivity index (χ0) is 15.2. The summed E-state index contributed by atoms with van der Waals surface area (Å²) in [6.07, 6.45) is 2.12. The Morgan fingerprint density at radius 2 is 2.05 bits per heavy atom. The SMILES string of the molecule is CCC[C@@H]1CN(CCOC)C[C@H]1NS(=O)(=O)N(C)CC. The van der Waals surface area contributed by atoms with Crippen molar-refractivity contribution in [2.24, 2.45) is 5.92 Å². The van der Waals surface area contributed by atoms with Crippen molar-refractivity contribution in [1.82, 2.24) is 13.9 Å². The van der Waals surface area contributed by atoms with E-state index in [0.29, 0.717) is 19.1 Å². The van der Waals surface area contributed by atoms with E-state index >= 15 is 0 Å². The predicted molar refractivity (Wildman–Crippen MR) is 80.9 cm³/mol. The van der Waals surface area contributed by atoms with Crippen LogP contribution in [0.2, 0.25) is 0 Å². The van der Waals surface area contributed by atoms with Gasteiger partial charge >= 0.3 is 0 Å². The summed E-state index contributed by atoms with van der Waals surface area (Å²) in [4.78, 5) is 2.28. The summed E-state index contributed by atoms with van der Waals surface area (Å²) in [6, 6.07) is 0.00538. The van der Waals surface area contributed by atoms with E-state index in [4.69, 9.17) is 4.74 Å². The van der Waals surface area contributed by atoms with Gasteiger partial charge in [-0.25, -0.2) is 0 Å². The quantitative estimate of drug-likeness (QED) is 0.674. The fraction of sp³-hybridized carbons (Fsp3) is 1.00. The molecule has 1 aliphatic rings. The molecule has 0 unspecified atom stereocenters. The summed E-state index contributed by atoms with van der Waals surface area (Å²) in [5, 5.41) is 0. The fourth-order valence-corrected chi connectivity index (χ4v) is 3.78. The molecule has 1 heterocycles. The molecule has 6 nitrogen and oxygen atoms in total. The molecule has 0 aromatic carbocycles. The second-order valence-electron chi connectivity index (χ2n) is 5.44. The van der Waals surface area contributed by atoms with Crippen LogP contribution in [0.15, 0.2) is 0 Å². The number of rotatable bonds is 9. The molecule has 1 saturated heterocycles. The second kappa shape index (κ2) is 8.29. The van der Waals surface area contributed by atoms with Crippen molar-refractivity contribution in [3.05, 3.63) is 0 Å². The number of ether oxygens (including phenoxy) is 1. The molecular formula is C13H29N3O3S. The van der Waals surface area contributed by atoms with E-state index in [1.807, 2.05) is 6.92 Å². The van der Waals surface area contributed by atoms with Gasteiger partial charge in [0.1, 0.15) is 0 Å². The molecule has 1 fully saturated rings. The van der Waals surface area contributed by atoms with Gasteiger partial charge in [-0.15, -0.1) is 0 Å². The van der Waals surface area contributed by atoms with Crippen LogP contribution in [0.5, 0.6) is 0 Å². The third kappa shape index (κ3) is 4.96. The largest absolute Gasteiger partial charge is 0.383 e. The first-order valence-corrected chi connectivity index (χ1v) is 8.83. The van der Waals surface area contributed by atoms with Gasteiger partial charge in [-0.3, -0.25) is 4.90 Å². The smallest absolute Gasteiger partial charge is 0.279 e. The molecular weight excluding hydrogens is 278 g/mol. The van der Waals surface area contributed by atoms with Crippen LogP contribution in [-0.4, -0.2) is 70.6 Å². The van der Waals surface area contributed by atoms with E-state index in [1.54, 1.807) is 14.2 Å². The Balaban J connectivity index is 2.65. The minimum atomic E-state index is -3.36. The molecule has 1 rings (SSSR count). The molecule has 1 N–H and O–H groups in total. The summed E-state index contributed by atoms with van der Waals surface area (Å²) in [5.74, 6) is 0.386. The molecule has 0 aromatic heterocycles. The first kappa shape index (κ1) is 17.8. The highest BCUT2D eigenvalue weighted by molar-refractivity contribution is 7.87. The van der Waals surface area contributed by atoms with Gasteiger partial charge in [-0.05, 0) is 12.3 Å². The van der Waals surface area contributed by atoms with Gasteiger partial charge in [0.05, 0.1) is 6.61 Å². The van der Waals surface area contributed by atoms with Crippen LogP contribution < -0.4 is 4.72 Å². The van der Waals surface area contributed by atoms with Gasteiger partial charge in [-0.2, -0.15) is 17.4 Å². The van der Waals surface area contributed by atoms with Crippen LogP contribution in [0, 0.1) is 5.92 Å². The maximum Gasteiger partial charge on any atom is 0.279 e. The summed E-state index contributed by atoms with van der Waals surface area (Å²) in [6.45, 7) is 7.72. The summed E-state index contributed by atoms with van der Waals surface area (Å²) >= 11 is 0. The number of hydrogen-bond acceptors (Lipinski definition) is 4. The molecule has 0 aliphatic carbocycles. The number of hydrogen-bond donors (Lipinski definition) is 1. The van der Waals surface area contributed by atoms with Crippen LogP contribution in [-0.2, 0) is 14.9 Å². The lowest BCUT2D eigenvalue weighted by atomic mass is 9.99. The molecule has 0 radical (unpaired) electrons. The highest BCUT2D eigenvalue weighted by Gasteiger charge is 2.35. The predicted octanol–water partition coefficient (Wildman–Crippen LogP) is 0.519. The highest BCUT2D eigenvalue weighted by Crippen LogP contribution is 2.22. The molecule has 0 spiro atoms. The third-order valence-electron chi connectivity index (χ3n) is 3.94. The molecule has 7 heteroatoms. The lowest BCUT2D eigenvalue weighted by Crippen LogP contribution is -2.47. The first-order valence-electron chi connectivity index (χ1n) is 7.39. The second-order valence-corrected chi connectivity index (χ2v) is 7.25. The summed E-state index contributed by atoms with van der Waals surface area (Å²) in [7, 11) is -0.0671. The van der Waals surface area contributed by atoms with Crippen molar-refractivity contribution >= 4 is 10.2 Å². The van der Waals surface area contributed by atoms with Gasteiger partial charge in [0.25, 0.3) is 10.2 Å². The zero-order valence-corrected chi connectivity index (χ0v) is 13.9. The van der Waals surface area contributed by atoms with Crippen molar-refractivity contribution in [3.8, 4) is 0 Å². The normalized spacial score (nSPS) is 24.6. The number of methoxy groups -OCH3 is 1. The Bertz CT molecular complexity index is 375. The van der Waals surface area contributed by atoms with Crippen molar-refractivity contribution in [1.29, 1.82) is 0 Å². The Hall–Kier alpha value is -0.210. The standard InChI is InChI=1S/C13H29N3O3S/c1-5-7-12-10-16(8-9-19-4)11-13(12)14-20(17,18)15(3)6-2/h12-14H,5-11H2,1-4H3/t12-,13-/m1/s1. The van der Waals surface area contributed by atoms with Gasteiger partial charge in [-0.1, -0.05) is 20.3 Å². The Labute approximate surface area is 123 Å². The Kier molecular flexibility index (Phi) is 7.39. The molecule has 1 aliphatic heterocycles. The molecule has 0 saturated carbocycles. The van der Waals surface area contributed by atoms with Crippen molar-refractivity contribution in [3.63, 3.8) is 0 Å². The van der Waals surface area contributed by atoms with E-state index < -0.39 is 10.2 Å². The molecule has 2 atom stereocenters. The minimum absolute atomic E-state index is 0.00538. The van der Waals surface area contributed by atoms with Crippen LogP contribution in [0.25, 0.3) is 0 Å². The van der Waals surface area contributed by atoms with E-state index in [0.717, 1.165) is 32.5 Å². The van der Waals surface area contributed by atoms with Gasteiger partial charge < -0.3 is 4.74 Å². The number of nitrogens with one attached hydrogen (secondary N) is 1. The topological polar surface area (TPSA) is 61.9 Å². The average Bonchev–Trinajstić information content (AvgIpc) is 2.77. The number of nitrogens with zero attached hydrogens (tertiary/aromatic N) is 2.